The van der Waals surface area contributed by atoms with Crippen LogP contribution in [-0.4, -0.2) is 24.0 Å². The van der Waals surface area contributed by atoms with Gasteiger partial charge in [0.15, 0.2) is 0 Å². The lowest BCUT2D eigenvalue weighted by Crippen LogP contribution is -2.30. The van der Waals surface area contributed by atoms with Crippen molar-refractivity contribution in [2.75, 3.05) is 13.1 Å². The maximum atomic E-state index is 12.3. The molecule has 2 aromatic rings. The third-order valence-electron chi connectivity index (χ3n) is 4.63. The van der Waals surface area contributed by atoms with Crippen LogP contribution >= 0.6 is 11.3 Å². The number of benzene rings is 1. The summed E-state index contributed by atoms with van der Waals surface area (Å²) in [5.74, 6) is 1.11. The molecule has 1 fully saturated rings. The Bertz CT molecular complexity index is 687. The van der Waals surface area contributed by atoms with Gasteiger partial charge in [-0.1, -0.05) is 26.0 Å². The van der Waals surface area contributed by atoms with Gasteiger partial charge < -0.3 is 10.6 Å². The molecular weight excluding hydrogens is 330 g/mol. The molecule has 1 aliphatic heterocycles. The van der Waals surface area contributed by atoms with E-state index in [1.165, 1.54) is 18.4 Å². The largest absolute Gasteiger partial charge is 0.346 e. The van der Waals surface area contributed by atoms with Crippen LogP contribution in [0.3, 0.4) is 0 Å². The quantitative estimate of drug-likeness (QED) is 0.828. The molecule has 2 heterocycles. The smallest absolute Gasteiger partial charge is 0.251 e. The van der Waals surface area contributed by atoms with Crippen molar-refractivity contribution in [3.8, 4) is 0 Å². The van der Waals surface area contributed by atoms with E-state index in [1.807, 2.05) is 17.5 Å². The number of amides is 1. The molecule has 0 bridgehead atoms. The molecule has 0 saturated carbocycles. The standard InChI is InChI=1S/C20H27N3OS/c1-14(2)20-23-18(13-25-20)12-22-19(24)17-7-5-15(6-8-17)10-16-4-3-9-21-11-16/h5-8,13-14,16,21H,3-4,9-12H2,1-2H3,(H,22,24)/t16-/m1/s1. The molecular formula is C20H27N3OS. The number of aromatic nitrogens is 1. The zero-order valence-corrected chi connectivity index (χ0v) is 15.9. The Balaban J connectivity index is 1.51. The number of hydrogen-bond donors (Lipinski definition) is 2. The second-order valence-corrected chi connectivity index (χ2v) is 8.02. The highest BCUT2D eigenvalue weighted by Gasteiger charge is 2.14. The Kier molecular flexibility index (Phi) is 6.21. The number of carbonyl (C=O) groups is 1. The van der Waals surface area contributed by atoms with Crippen LogP contribution in [0.1, 0.15) is 59.2 Å². The van der Waals surface area contributed by atoms with E-state index in [-0.39, 0.29) is 5.91 Å². The topological polar surface area (TPSA) is 54.0 Å². The van der Waals surface area contributed by atoms with Gasteiger partial charge in [0.2, 0.25) is 0 Å². The molecule has 0 radical (unpaired) electrons. The first-order chi connectivity index (χ1) is 12.1. The number of thiazole rings is 1. The van der Waals surface area contributed by atoms with Gasteiger partial charge in [-0.2, -0.15) is 0 Å². The summed E-state index contributed by atoms with van der Waals surface area (Å²) >= 11 is 1.66. The Labute approximate surface area is 154 Å². The Morgan fingerprint density at radius 3 is 2.80 bits per heavy atom. The van der Waals surface area contributed by atoms with Gasteiger partial charge in [0.25, 0.3) is 5.91 Å². The normalized spacial score (nSPS) is 17.6. The van der Waals surface area contributed by atoms with Crippen molar-refractivity contribution < 1.29 is 4.79 Å². The highest BCUT2D eigenvalue weighted by Crippen LogP contribution is 2.19. The average molecular weight is 358 g/mol. The summed E-state index contributed by atoms with van der Waals surface area (Å²) in [5, 5.41) is 9.56. The fourth-order valence-corrected chi connectivity index (χ4v) is 4.00. The maximum absolute atomic E-state index is 12.3. The van der Waals surface area contributed by atoms with E-state index in [0.29, 0.717) is 23.9 Å². The highest BCUT2D eigenvalue weighted by molar-refractivity contribution is 7.09. The van der Waals surface area contributed by atoms with Crippen molar-refractivity contribution in [2.45, 2.75) is 45.6 Å². The van der Waals surface area contributed by atoms with Gasteiger partial charge in [-0.25, -0.2) is 4.98 Å². The fourth-order valence-electron chi connectivity index (χ4n) is 3.17. The number of carbonyl (C=O) groups excluding carboxylic acids is 1. The van der Waals surface area contributed by atoms with E-state index in [4.69, 9.17) is 0 Å². The summed E-state index contributed by atoms with van der Waals surface area (Å²) in [6.07, 6.45) is 3.65. The monoisotopic (exact) mass is 357 g/mol. The van der Waals surface area contributed by atoms with E-state index < -0.39 is 0 Å². The number of hydrogen-bond acceptors (Lipinski definition) is 4. The molecule has 1 saturated heterocycles. The zero-order chi connectivity index (χ0) is 17.6. The average Bonchev–Trinajstić information content (AvgIpc) is 3.11. The third kappa shape index (κ3) is 5.13. The van der Waals surface area contributed by atoms with E-state index in [0.717, 1.165) is 30.2 Å². The molecule has 1 atom stereocenters. The lowest BCUT2D eigenvalue weighted by molar-refractivity contribution is 0.0950. The number of nitrogens with one attached hydrogen (secondary N) is 2. The lowest BCUT2D eigenvalue weighted by atomic mass is 9.92. The van der Waals surface area contributed by atoms with Gasteiger partial charge in [-0.05, 0) is 56.0 Å². The molecule has 5 heteroatoms. The second-order valence-electron chi connectivity index (χ2n) is 7.13. The first-order valence-corrected chi connectivity index (χ1v) is 10.0. The molecule has 3 rings (SSSR count). The number of rotatable bonds is 6. The summed E-state index contributed by atoms with van der Waals surface area (Å²) in [4.78, 5) is 16.9. The van der Waals surface area contributed by atoms with E-state index in [9.17, 15) is 4.79 Å². The SMILES string of the molecule is CC(C)c1nc(CNC(=O)c2ccc(C[C@H]3CCCNC3)cc2)cs1. The predicted molar refractivity (Wildman–Crippen MR) is 103 cm³/mol. The van der Waals surface area contributed by atoms with Crippen LogP contribution in [0, 0.1) is 5.92 Å². The molecule has 0 unspecified atom stereocenters. The number of piperidine rings is 1. The minimum Gasteiger partial charge on any atom is -0.346 e. The summed E-state index contributed by atoms with van der Waals surface area (Å²) < 4.78 is 0. The van der Waals surface area contributed by atoms with Crippen LogP contribution in [0.2, 0.25) is 0 Å². The van der Waals surface area contributed by atoms with Crippen LogP contribution in [0.4, 0.5) is 0 Å². The highest BCUT2D eigenvalue weighted by atomic mass is 32.1. The van der Waals surface area contributed by atoms with Crippen molar-refractivity contribution in [3.05, 3.63) is 51.5 Å². The van der Waals surface area contributed by atoms with E-state index in [2.05, 4.69) is 41.6 Å². The van der Waals surface area contributed by atoms with Crippen LogP contribution in [-0.2, 0) is 13.0 Å². The van der Waals surface area contributed by atoms with E-state index >= 15 is 0 Å². The van der Waals surface area contributed by atoms with Crippen LogP contribution < -0.4 is 10.6 Å². The first-order valence-electron chi connectivity index (χ1n) is 9.14. The van der Waals surface area contributed by atoms with Crippen molar-refractivity contribution in [2.24, 2.45) is 5.92 Å². The minimum atomic E-state index is -0.0371. The molecule has 1 aromatic carbocycles. The molecule has 1 amide bonds. The molecule has 4 nitrogen and oxygen atoms in total. The summed E-state index contributed by atoms with van der Waals surface area (Å²) in [6.45, 7) is 7.00. The predicted octanol–water partition coefficient (Wildman–Crippen LogP) is 3.74. The van der Waals surface area contributed by atoms with Gasteiger partial charge in [0, 0.05) is 16.9 Å². The molecule has 2 N–H and O–H groups in total. The first kappa shape index (κ1) is 18.1. The minimum absolute atomic E-state index is 0.0371. The zero-order valence-electron chi connectivity index (χ0n) is 15.0. The summed E-state index contributed by atoms with van der Waals surface area (Å²) in [5.41, 5.74) is 2.96. The van der Waals surface area contributed by atoms with Gasteiger partial charge in [-0.3, -0.25) is 4.79 Å². The van der Waals surface area contributed by atoms with E-state index in [1.54, 1.807) is 11.3 Å². The molecule has 1 aromatic heterocycles. The summed E-state index contributed by atoms with van der Waals surface area (Å²) in [7, 11) is 0. The van der Waals surface area contributed by atoms with Gasteiger partial charge in [0.05, 0.1) is 17.2 Å². The van der Waals surface area contributed by atoms with Crippen LogP contribution in [0.5, 0.6) is 0 Å². The van der Waals surface area contributed by atoms with Crippen molar-refractivity contribution in [1.29, 1.82) is 0 Å². The van der Waals surface area contributed by atoms with Crippen molar-refractivity contribution in [3.63, 3.8) is 0 Å². The van der Waals surface area contributed by atoms with Crippen LogP contribution in [0.15, 0.2) is 29.6 Å². The van der Waals surface area contributed by atoms with Gasteiger partial charge >= 0.3 is 0 Å². The molecule has 0 aliphatic carbocycles. The Morgan fingerprint density at radius 2 is 2.16 bits per heavy atom. The number of nitrogens with zero attached hydrogens (tertiary/aromatic N) is 1. The van der Waals surface area contributed by atoms with Crippen molar-refractivity contribution in [1.82, 2.24) is 15.6 Å². The molecule has 0 spiro atoms. The fraction of sp³-hybridized carbons (Fsp3) is 0.500. The third-order valence-corrected chi connectivity index (χ3v) is 5.83. The lowest BCUT2D eigenvalue weighted by Gasteiger charge is -2.22. The Hall–Kier alpha value is -1.72. The Morgan fingerprint density at radius 1 is 1.36 bits per heavy atom. The summed E-state index contributed by atoms with van der Waals surface area (Å²) in [6, 6.07) is 8.04. The molecule has 134 valence electrons. The molecule has 1 aliphatic rings. The van der Waals surface area contributed by atoms with Gasteiger partial charge in [-0.15, -0.1) is 11.3 Å². The maximum Gasteiger partial charge on any atom is 0.251 e. The second kappa shape index (κ2) is 8.59. The van der Waals surface area contributed by atoms with Gasteiger partial charge in [0.1, 0.15) is 0 Å². The molecule has 25 heavy (non-hydrogen) atoms. The van der Waals surface area contributed by atoms with Crippen LogP contribution in [0.25, 0.3) is 0 Å². The van der Waals surface area contributed by atoms with Crippen molar-refractivity contribution >= 4 is 17.2 Å².